The lowest BCUT2D eigenvalue weighted by molar-refractivity contribution is -0.117. The number of hydrogen-bond acceptors (Lipinski definition) is 1. The van der Waals surface area contributed by atoms with E-state index in [1.54, 1.807) is 0 Å². The van der Waals surface area contributed by atoms with Gasteiger partial charge >= 0.3 is 0 Å². The lowest BCUT2D eigenvalue weighted by atomic mass is 9.93. The minimum Gasteiger partial charge on any atom is -0.352 e. The van der Waals surface area contributed by atoms with Crippen molar-refractivity contribution in [3.8, 4) is 0 Å². The molecule has 1 unspecified atom stereocenters. The highest BCUT2D eigenvalue weighted by molar-refractivity contribution is 5.92. The molecule has 2 heteroatoms. The van der Waals surface area contributed by atoms with Crippen LogP contribution < -0.4 is 5.32 Å². The smallest absolute Gasteiger partial charge is 0.246 e. The van der Waals surface area contributed by atoms with E-state index < -0.39 is 0 Å². The van der Waals surface area contributed by atoms with E-state index in [-0.39, 0.29) is 5.91 Å². The van der Waals surface area contributed by atoms with Gasteiger partial charge in [0.05, 0.1) is 0 Å². The van der Waals surface area contributed by atoms with Gasteiger partial charge in [0.2, 0.25) is 5.91 Å². The van der Waals surface area contributed by atoms with E-state index in [0.717, 1.165) is 6.54 Å². The van der Waals surface area contributed by atoms with Crippen LogP contribution in [-0.4, -0.2) is 12.5 Å². The molecule has 1 amide bonds. The predicted molar refractivity (Wildman–Crippen MR) is 274 cm³/mol. The Kier molecular flexibility index (Phi) is 51.9. The van der Waals surface area contributed by atoms with E-state index in [4.69, 9.17) is 0 Å². The predicted octanol–water partition coefficient (Wildman–Crippen LogP) is 20.8. The average molecular weight is 843 g/mol. The van der Waals surface area contributed by atoms with Gasteiger partial charge in [0.15, 0.2) is 0 Å². The van der Waals surface area contributed by atoms with Gasteiger partial charge in [-0.1, -0.05) is 329 Å². The molecule has 0 saturated heterocycles. The molecule has 0 rings (SSSR count). The molecule has 0 heterocycles. The summed E-state index contributed by atoms with van der Waals surface area (Å²) in [5.41, 5.74) is 0.637. The van der Waals surface area contributed by atoms with Gasteiger partial charge in [0.1, 0.15) is 0 Å². The fourth-order valence-corrected chi connectivity index (χ4v) is 9.53. The van der Waals surface area contributed by atoms with Gasteiger partial charge in [-0.05, 0) is 25.7 Å². The van der Waals surface area contributed by atoms with Crippen LogP contribution in [0.1, 0.15) is 342 Å². The summed E-state index contributed by atoms with van der Waals surface area (Å²) in [5.74, 6) is 0.673. The Morgan fingerprint density at radius 1 is 0.317 bits per heavy atom. The highest BCUT2D eigenvalue weighted by Crippen LogP contribution is 2.21. The average Bonchev–Trinajstić information content (AvgIpc) is 3.25. The number of hydrogen-bond donors (Lipinski definition) is 1. The molecule has 0 aliphatic heterocycles. The molecular weight excluding hydrogens is 727 g/mol. The molecule has 0 aromatic carbocycles. The molecule has 0 aromatic heterocycles. The monoisotopic (exact) mass is 842 g/mol. The molecule has 0 aromatic rings. The largest absolute Gasteiger partial charge is 0.352 e. The third-order valence-electron chi connectivity index (χ3n) is 13.9. The van der Waals surface area contributed by atoms with Crippen LogP contribution in [0.5, 0.6) is 0 Å². The Morgan fingerprint density at radius 2 is 0.483 bits per heavy atom. The van der Waals surface area contributed by atoms with Crippen molar-refractivity contribution in [3.05, 3.63) is 12.2 Å². The van der Waals surface area contributed by atoms with Crippen molar-refractivity contribution in [2.45, 2.75) is 342 Å². The summed E-state index contributed by atoms with van der Waals surface area (Å²) >= 11 is 0. The van der Waals surface area contributed by atoms with Crippen molar-refractivity contribution in [1.82, 2.24) is 5.32 Å². The highest BCUT2D eigenvalue weighted by Gasteiger charge is 2.11. The second-order valence-electron chi connectivity index (χ2n) is 20.2. The van der Waals surface area contributed by atoms with Crippen LogP contribution in [0.25, 0.3) is 0 Å². The molecule has 0 spiro atoms. The molecule has 358 valence electrons. The zero-order chi connectivity index (χ0) is 43.5. The maximum atomic E-state index is 12.2. The van der Waals surface area contributed by atoms with Crippen LogP contribution in [0.15, 0.2) is 12.2 Å². The van der Waals surface area contributed by atoms with Crippen molar-refractivity contribution in [1.29, 1.82) is 0 Å². The second kappa shape index (κ2) is 52.6. The van der Waals surface area contributed by atoms with E-state index in [1.807, 2.05) is 6.92 Å². The maximum Gasteiger partial charge on any atom is 0.246 e. The minimum absolute atomic E-state index is 0.0403. The fraction of sp³-hybridized carbons (Fsp3) is 0.948. The van der Waals surface area contributed by atoms with Gasteiger partial charge in [-0.15, -0.1) is 0 Å². The molecule has 0 aliphatic rings. The van der Waals surface area contributed by atoms with Crippen molar-refractivity contribution in [2.24, 2.45) is 5.92 Å². The minimum atomic E-state index is 0.0403. The van der Waals surface area contributed by atoms with Crippen LogP contribution >= 0.6 is 0 Å². The molecule has 1 N–H and O–H groups in total. The van der Waals surface area contributed by atoms with Crippen molar-refractivity contribution in [3.63, 3.8) is 0 Å². The topological polar surface area (TPSA) is 29.1 Å². The summed E-state index contributed by atoms with van der Waals surface area (Å²) in [6, 6.07) is 0. The number of rotatable bonds is 53. The van der Waals surface area contributed by atoms with E-state index in [1.165, 1.54) is 321 Å². The highest BCUT2D eigenvalue weighted by atomic mass is 16.1. The van der Waals surface area contributed by atoms with Crippen LogP contribution in [0.2, 0.25) is 0 Å². The second-order valence-corrected chi connectivity index (χ2v) is 20.2. The molecule has 0 saturated carbocycles. The quantitative estimate of drug-likeness (QED) is 0.0480. The third kappa shape index (κ3) is 49.9. The Morgan fingerprint density at radius 3 is 0.650 bits per heavy atom. The van der Waals surface area contributed by atoms with Crippen molar-refractivity contribution in [2.75, 3.05) is 6.54 Å². The lowest BCUT2D eigenvalue weighted by Crippen LogP contribution is -2.29. The maximum absolute atomic E-state index is 12.2. The molecule has 0 radical (unpaired) electrons. The fourth-order valence-electron chi connectivity index (χ4n) is 9.53. The Labute approximate surface area is 381 Å². The first kappa shape index (κ1) is 59.2. The Balaban J connectivity index is 3.55. The lowest BCUT2D eigenvalue weighted by Gasteiger charge is -2.18. The van der Waals surface area contributed by atoms with Crippen molar-refractivity contribution < 1.29 is 4.79 Å². The molecule has 0 aliphatic carbocycles. The van der Waals surface area contributed by atoms with E-state index in [0.29, 0.717) is 11.5 Å². The number of carbonyl (C=O) groups excluding carboxylic acids is 1. The molecule has 0 fully saturated rings. The first-order valence-electron chi connectivity index (χ1n) is 28.6. The summed E-state index contributed by atoms with van der Waals surface area (Å²) in [7, 11) is 0. The first-order chi connectivity index (χ1) is 29.6. The number of carbonyl (C=O) groups is 1. The van der Waals surface area contributed by atoms with Crippen LogP contribution in [0.3, 0.4) is 0 Å². The summed E-state index contributed by atoms with van der Waals surface area (Å²) in [6.45, 7) is 11.1. The number of unbranched alkanes of at least 4 members (excludes halogenated alkanes) is 46. The van der Waals surface area contributed by atoms with E-state index in [9.17, 15) is 4.79 Å². The Hall–Kier alpha value is -0.790. The zero-order valence-corrected chi connectivity index (χ0v) is 42.3. The summed E-state index contributed by atoms with van der Waals surface area (Å²) in [5, 5.41) is 3.18. The van der Waals surface area contributed by atoms with Crippen molar-refractivity contribution >= 4 is 5.91 Å². The number of amides is 1. The summed E-state index contributed by atoms with van der Waals surface area (Å²) in [4.78, 5) is 12.2. The Bertz CT molecular complexity index is 820. The number of nitrogens with one attached hydrogen (secondary N) is 1. The summed E-state index contributed by atoms with van der Waals surface area (Å²) in [6.07, 6.45) is 71.9. The van der Waals surface area contributed by atoms with Gasteiger partial charge in [0.25, 0.3) is 0 Å². The zero-order valence-electron chi connectivity index (χ0n) is 42.3. The van der Waals surface area contributed by atoms with Gasteiger partial charge in [-0.2, -0.15) is 0 Å². The van der Waals surface area contributed by atoms with Gasteiger partial charge in [-0.25, -0.2) is 0 Å². The van der Waals surface area contributed by atoms with Crippen LogP contribution in [0, 0.1) is 5.92 Å². The van der Waals surface area contributed by atoms with Crippen LogP contribution in [0.4, 0.5) is 0 Å². The SMILES string of the molecule is C=C(C)C(=O)NCC(CCCCCCCCCCCCCCCCCCCC)CCCCCCCCCCCCCCCCCCCCCCCCCCCCCCCC. The van der Waals surface area contributed by atoms with E-state index >= 15 is 0 Å². The molecular formula is C58H115NO. The molecule has 60 heavy (non-hydrogen) atoms. The standard InChI is InChI=1S/C58H115NO/c1-5-7-9-11-13-15-17-19-21-23-25-26-27-28-29-30-31-32-33-34-35-36-38-40-42-44-46-48-50-52-54-57(55-59-58(60)56(3)4)53-51-49-47-45-43-41-39-37-24-22-20-18-16-14-12-10-8-6-2/h57H,3,5-55H2,1-2,4H3,(H,59,60). The van der Waals surface area contributed by atoms with Crippen LogP contribution in [-0.2, 0) is 4.79 Å². The van der Waals surface area contributed by atoms with E-state index in [2.05, 4.69) is 25.7 Å². The van der Waals surface area contributed by atoms with Gasteiger partial charge in [-0.3, -0.25) is 4.79 Å². The summed E-state index contributed by atoms with van der Waals surface area (Å²) < 4.78 is 0. The first-order valence-corrected chi connectivity index (χ1v) is 28.6. The molecule has 2 nitrogen and oxygen atoms in total. The third-order valence-corrected chi connectivity index (χ3v) is 13.9. The normalized spacial score (nSPS) is 12.1. The van der Waals surface area contributed by atoms with Gasteiger partial charge in [0, 0.05) is 12.1 Å². The molecule has 0 bridgehead atoms. The van der Waals surface area contributed by atoms with Gasteiger partial charge < -0.3 is 5.32 Å². The molecule has 1 atom stereocenters.